The number of rotatable bonds is 10. The van der Waals surface area contributed by atoms with Crippen molar-refractivity contribution in [1.82, 2.24) is 10.0 Å². The first-order chi connectivity index (χ1) is 10.4. The monoisotopic (exact) mass is 310 g/mol. The molecule has 0 aliphatic rings. The topological polar surface area (TPSA) is 140 Å². The summed E-state index contributed by atoms with van der Waals surface area (Å²) < 4.78 is 0. The minimum absolute atomic E-state index is 0.0168. The van der Waals surface area contributed by atoms with Gasteiger partial charge in [0.25, 0.3) is 0 Å². The van der Waals surface area contributed by atoms with Crippen LogP contribution < -0.4 is 0 Å². The molecule has 0 saturated carbocycles. The van der Waals surface area contributed by atoms with Gasteiger partial charge >= 0.3 is 11.9 Å². The van der Waals surface area contributed by atoms with Crippen LogP contribution in [0.25, 0.3) is 0 Å². The van der Waals surface area contributed by atoms with Crippen LogP contribution in [0.15, 0.2) is 34.8 Å². The lowest BCUT2D eigenvalue weighted by atomic mass is 10.1. The zero-order valence-corrected chi connectivity index (χ0v) is 11.5. The van der Waals surface area contributed by atoms with E-state index in [1.54, 1.807) is 24.3 Å². The highest BCUT2D eigenvalue weighted by Gasteiger charge is 2.12. The summed E-state index contributed by atoms with van der Waals surface area (Å²) in [6.45, 7) is -1.10. The number of hydrogen-bond donors (Lipinski definition) is 2. The van der Waals surface area contributed by atoms with Crippen LogP contribution in [0.3, 0.4) is 0 Å². The standard InChI is InChI=1S/C12H14N4O6/c17-11(18)7-15(13-21)5-9-2-1-3-10(4-9)6-16(14-22)8-12(19)20/h1-4H,5-8H2,(H,17,18)(H,19,20). The van der Waals surface area contributed by atoms with Crippen molar-refractivity contribution in [2.45, 2.75) is 13.1 Å². The second-order valence-electron chi connectivity index (χ2n) is 4.42. The Morgan fingerprint density at radius 1 is 0.909 bits per heavy atom. The van der Waals surface area contributed by atoms with E-state index in [1.165, 1.54) is 0 Å². The third-order valence-corrected chi connectivity index (χ3v) is 2.59. The van der Waals surface area contributed by atoms with Crippen molar-refractivity contribution in [2.24, 2.45) is 10.6 Å². The number of carboxylic acid groups (broad SMARTS) is 2. The number of carboxylic acids is 2. The van der Waals surface area contributed by atoms with Gasteiger partial charge in [-0.2, -0.15) is 0 Å². The molecule has 1 rings (SSSR count). The number of benzene rings is 1. The summed E-state index contributed by atoms with van der Waals surface area (Å²) in [7, 11) is 0. The van der Waals surface area contributed by atoms with E-state index in [1.807, 2.05) is 0 Å². The maximum Gasteiger partial charge on any atom is 0.325 e. The molecule has 22 heavy (non-hydrogen) atoms. The molecule has 0 heterocycles. The molecule has 0 amide bonds. The number of hydrogen-bond acceptors (Lipinski definition) is 6. The lowest BCUT2D eigenvalue weighted by molar-refractivity contribution is -0.139. The van der Waals surface area contributed by atoms with Crippen LogP contribution in [-0.4, -0.2) is 45.3 Å². The van der Waals surface area contributed by atoms with E-state index in [0.29, 0.717) is 11.1 Å². The Balaban J connectivity index is 2.76. The van der Waals surface area contributed by atoms with Gasteiger partial charge in [-0.15, -0.1) is 9.81 Å². The first kappa shape index (κ1) is 17.0. The SMILES string of the molecule is O=NN(CC(=O)O)Cc1cccc(CN(CC(=O)O)N=O)c1. The quantitative estimate of drug-likeness (QED) is 0.478. The fourth-order valence-corrected chi connectivity index (χ4v) is 1.79. The maximum absolute atomic E-state index is 10.6. The van der Waals surface area contributed by atoms with Gasteiger partial charge in [0.15, 0.2) is 0 Å². The number of aliphatic carboxylic acids is 2. The molecule has 10 heteroatoms. The van der Waals surface area contributed by atoms with Gasteiger partial charge in [-0.1, -0.05) is 24.3 Å². The van der Waals surface area contributed by atoms with Gasteiger partial charge in [0.1, 0.15) is 13.1 Å². The minimum Gasteiger partial charge on any atom is -0.480 e. The van der Waals surface area contributed by atoms with E-state index in [2.05, 4.69) is 10.6 Å². The van der Waals surface area contributed by atoms with Crippen LogP contribution in [0.1, 0.15) is 11.1 Å². The van der Waals surface area contributed by atoms with E-state index < -0.39 is 25.0 Å². The predicted octanol–water partition coefficient (Wildman–Crippen LogP) is 0.823. The average Bonchev–Trinajstić information content (AvgIpc) is 2.45. The highest BCUT2D eigenvalue weighted by atomic mass is 16.4. The summed E-state index contributed by atoms with van der Waals surface area (Å²) >= 11 is 0. The number of nitrogens with zero attached hydrogens (tertiary/aromatic N) is 4. The van der Waals surface area contributed by atoms with Crippen molar-refractivity contribution >= 4 is 11.9 Å². The highest BCUT2D eigenvalue weighted by Crippen LogP contribution is 2.11. The maximum atomic E-state index is 10.6. The molecule has 0 aromatic heterocycles. The Hall–Kier alpha value is -3.04. The van der Waals surface area contributed by atoms with E-state index in [4.69, 9.17) is 10.2 Å². The zero-order chi connectivity index (χ0) is 16.5. The number of carbonyl (C=O) groups is 2. The van der Waals surface area contributed by atoms with E-state index in [0.717, 1.165) is 10.0 Å². The molecular formula is C12H14N4O6. The van der Waals surface area contributed by atoms with Crippen molar-refractivity contribution in [3.8, 4) is 0 Å². The predicted molar refractivity (Wildman–Crippen MR) is 74.1 cm³/mol. The lowest BCUT2D eigenvalue weighted by Crippen LogP contribution is -2.25. The molecule has 0 saturated heterocycles. The normalized spacial score (nSPS) is 9.82. The molecule has 0 atom stereocenters. The highest BCUT2D eigenvalue weighted by molar-refractivity contribution is 5.69. The van der Waals surface area contributed by atoms with Gasteiger partial charge < -0.3 is 10.2 Å². The molecule has 0 unspecified atom stereocenters. The molecular weight excluding hydrogens is 296 g/mol. The van der Waals surface area contributed by atoms with Crippen molar-refractivity contribution in [1.29, 1.82) is 0 Å². The lowest BCUT2D eigenvalue weighted by Gasteiger charge is -2.15. The molecule has 0 fully saturated rings. The van der Waals surface area contributed by atoms with Gasteiger partial charge in [0.2, 0.25) is 0 Å². The molecule has 118 valence electrons. The fourth-order valence-electron chi connectivity index (χ4n) is 1.79. The van der Waals surface area contributed by atoms with E-state index in [-0.39, 0.29) is 13.1 Å². The number of nitroso groups, excluding NO2 is 2. The van der Waals surface area contributed by atoms with E-state index in [9.17, 15) is 19.4 Å². The van der Waals surface area contributed by atoms with Crippen LogP contribution in [0.5, 0.6) is 0 Å². The molecule has 2 N–H and O–H groups in total. The van der Waals surface area contributed by atoms with Crippen molar-refractivity contribution in [3.63, 3.8) is 0 Å². The molecule has 0 spiro atoms. The van der Waals surface area contributed by atoms with Crippen molar-refractivity contribution < 1.29 is 19.8 Å². The largest absolute Gasteiger partial charge is 0.480 e. The second kappa shape index (κ2) is 8.29. The van der Waals surface area contributed by atoms with Gasteiger partial charge in [-0.05, 0) is 11.1 Å². The fraction of sp³-hybridized carbons (Fsp3) is 0.333. The smallest absolute Gasteiger partial charge is 0.325 e. The Morgan fingerprint density at radius 3 is 1.64 bits per heavy atom. The molecule has 1 aromatic carbocycles. The minimum atomic E-state index is -1.19. The third kappa shape index (κ3) is 5.94. The summed E-state index contributed by atoms with van der Waals surface area (Å²) in [6, 6.07) is 6.55. The molecule has 0 radical (unpaired) electrons. The van der Waals surface area contributed by atoms with Crippen molar-refractivity contribution in [3.05, 3.63) is 45.2 Å². The Morgan fingerprint density at radius 2 is 1.32 bits per heavy atom. The first-order valence-electron chi connectivity index (χ1n) is 6.12. The van der Waals surface area contributed by atoms with Crippen molar-refractivity contribution in [2.75, 3.05) is 13.1 Å². The summed E-state index contributed by atoms with van der Waals surface area (Å²) in [5.41, 5.74) is 1.19. The Bertz CT molecular complexity index is 519. The second-order valence-corrected chi connectivity index (χ2v) is 4.42. The summed E-state index contributed by atoms with van der Waals surface area (Å²) in [5.74, 6) is -2.37. The van der Waals surface area contributed by atoms with Gasteiger partial charge in [-0.3, -0.25) is 9.59 Å². The molecule has 0 bridgehead atoms. The molecule has 1 aromatic rings. The summed E-state index contributed by atoms with van der Waals surface area (Å²) in [6.07, 6.45) is 0. The Kier molecular flexibility index (Phi) is 6.41. The molecule has 0 aliphatic carbocycles. The van der Waals surface area contributed by atoms with Crippen LogP contribution in [0.4, 0.5) is 0 Å². The summed E-state index contributed by atoms with van der Waals surface area (Å²) in [4.78, 5) is 42.2. The van der Waals surface area contributed by atoms with Crippen LogP contribution in [0, 0.1) is 9.81 Å². The van der Waals surface area contributed by atoms with Gasteiger partial charge in [-0.25, -0.2) is 10.0 Å². The van der Waals surface area contributed by atoms with Crippen LogP contribution >= 0.6 is 0 Å². The van der Waals surface area contributed by atoms with Gasteiger partial charge in [0.05, 0.1) is 23.7 Å². The summed E-state index contributed by atoms with van der Waals surface area (Å²) in [5, 5.41) is 24.2. The molecule has 0 aliphatic heterocycles. The van der Waals surface area contributed by atoms with Crippen LogP contribution in [0.2, 0.25) is 0 Å². The Labute approximate surface area is 124 Å². The first-order valence-corrected chi connectivity index (χ1v) is 6.12. The average molecular weight is 310 g/mol. The third-order valence-electron chi connectivity index (χ3n) is 2.59. The van der Waals surface area contributed by atoms with Gasteiger partial charge in [0, 0.05) is 0 Å². The zero-order valence-electron chi connectivity index (χ0n) is 11.5. The van der Waals surface area contributed by atoms with E-state index >= 15 is 0 Å². The molecule has 10 nitrogen and oxygen atoms in total. The van der Waals surface area contributed by atoms with Crippen LogP contribution in [-0.2, 0) is 22.7 Å².